The van der Waals surface area contributed by atoms with Gasteiger partial charge in [-0.05, 0) is 49.2 Å². The Kier molecular flexibility index (Phi) is 4.24. The highest BCUT2D eigenvalue weighted by Crippen LogP contribution is 2.20. The second kappa shape index (κ2) is 5.79. The van der Waals surface area contributed by atoms with E-state index in [-0.39, 0.29) is 15.6 Å². The van der Waals surface area contributed by atoms with Crippen LogP contribution in [0.25, 0.3) is 0 Å². The first-order chi connectivity index (χ1) is 9.79. The molecule has 0 saturated heterocycles. The van der Waals surface area contributed by atoms with Gasteiger partial charge in [-0.3, -0.25) is 9.71 Å². The topological polar surface area (TPSA) is 85.1 Å². The number of nitrogens with one attached hydrogen (secondary N) is 1. The van der Waals surface area contributed by atoms with Gasteiger partial charge < -0.3 is 5.73 Å². The number of thiocarbonyl (C=S) groups is 1. The summed E-state index contributed by atoms with van der Waals surface area (Å²) in [5, 5.41) is 0. The van der Waals surface area contributed by atoms with Crippen molar-refractivity contribution in [1.82, 2.24) is 4.98 Å². The molecule has 5 nitrogen and oxygen atoms in total. The maximum atomic E-state index is 12.5. The minimum absolute atomic E-state index is 0.0309. The molecule has 0 radical (unpaired) electrons. The number of pyridine rings is 1. The van der Waals surface area contributed by atoms with Crippen LogP contribution in [-0.4, -0.2) is 18.4 Å². The monoisotopic (exact) mass is 321 g/mol. The summed E-state index contributed by atoms with van der Waals surface area (Å²) in [5.41, 5.74) is 8.04. The average Bonchev–Trinajstić information content (AvgIpc) is 2.36. The second-order valence-corrected chi connectivity index (χ2v) is 6.79. The van der Waals surface area contributed by atoms with Gasteiger partial charge in [-0.1, -0.05) is 18.3 Å². The van der Waals surface area contributed by atoms with E-state index in [1.807, 2.05) is 19.9 Å². The van der Waals surface area contributed by atoms with Gasteiger partial charge in [0.2, 0.25) is 0 Å². The molecule has 1 heterocycles. The van der Waals surface area contributed by atoms with Crippen LogP contribution in [0.3, 0.4) is 0 Å². The molecule has 7 heteroatoms. The molecule has 0 spiro atoms. The van der Waals surface area contributed by atoms with Gasteiger partial charge in [-0.15, -0.1) is 0 Å². The first-order valence-corrected chi connectivity index (χ1v) is 8.04. The first kappa shape index (κ1) is 15.4. The lowest BCUT2D eigenvalue weighted by Gasteiger charge is -2.12. The van der Waals surface area contributed by atoms with Gasteiger partial charge in [0, 0.05) is 11.9 Å². The zero-order valence-electron chi connectivity index (χ0n) is 11.6. The summed E-state index contributed by atoms with van der Waals surface area (Å²) < 4.78 is 27.5. The lowest BCUT2D eigenvalue weighted by atomic mass is 10.1. The van der Waals surface area contributed by atoms with Gasteiger partial charge in [0.1, 0.15) is 15.6 Å². The van der Waals surface area contributed by atoms with Gasteiger partial charge in [-0.25, -0.2) is 8.42 Å². The van der Waals surface area contributed by atoms with Crippen LogP contribution >= 0.6 is 12.2 Å². The minimum Gasteiger partial charge on any atom is -0.388 e. The summed E-state index contributed by atoms with van der Waals surface area (Å²) in [4.78, 5) is 3.85. The summed E-state index contributed by atoms with van der Waals surface area (Å²) in [6.45, 7) is 3.80. The Labute approximate surface area is 129 Å². The van der Waals surface area contributed by atoms with Gasteiger partial charge >= 0.3 is 0 Å². The van der Waals surface area contributed by atoms with E-state index < -0.39 is 10.0 Å². The second-order valence-electron chi connectivity index (χ2n) is 4.70. The number of hydrogen-bond acceptors (Lipinski definition) is 4. The van der Waals surface area contributed by atoms with E-state index >= 15 is 0 Å². The molecule has 0 aliphatic carbocycles. The zero-order valence-corrected chi connectivity index (χ0v) is 13.3. The fourth-order valence-corrected chi connectivity index (χ4v) is 3.48. The highest BCUT2D eigenvalue weighted by molar-refractivity contribution is 7.93. The Bertz CT molecular complexity index is 781. The maximum absolute atomic E-state index is 12.5. The quantitative estimate of drug-likeness (QED) is 0.843. The van der Waals surface area contributed by atoms with Crippen molar-refractivity contribution in [2.75, 3.05) is 4.72 Å². The first-order valence-electron chi connectivity index (χ1n) is 6.15. The summed E-state index contributed by atoms with van der Waals surface area (Å²) >= 11 is 4.85. The third-order valence-corrected chi connectivity index (χ3v) is 4.37. The molecule has 2 rings (SSSR count). The van der Waals surface area contributed by atoms with Crippen LogP contribution in [0.15, 0.2) is 41.4 Å². The van der Waals surface area contributed by atoms with Crippen LogP contribution in [0.5, 0.6) is 0 Å². The lowest BCUT2D eigenvalue weighted by Crippen LogP contribution is -2.21. The van der Waals surface area contributed by atoms with Crippen LogP contribution < -0.4 is 10.5 Å². The molecular formula is C14H15N3O2S2. The van der Waals surface area contributed by atoms with E-state index in [0.29, 0.717) is 5.69 Å². The van der Waals surface area contributed by atoms with E-state index in [2.05, 4.69) is 9.71 Å². The van der Waals surface area contributed by atoms with Crippen molar-refractivity contribution in [2.24, 2.45) is 5.73 Å². The third kappa shape index (κ3) is 3.56. The normalized spacial score (nSPS) is 11.1. The third-order valence-electron chi connectivity index (χ3n) is 2.77. The van der Waals surface area contributed by atoms with Crippen LogP contribution in [0, 0.1) is 13.8 Å². The largest absolute Gasteiger partial charge is 0.388 e. The van der Waals surface area contributed by atoms with E-state index in [1.165, 1.54) is 18.3 Å². The van der Waals surface area contributed by atoms with Crippen LogP contribution in [0.2, 0.25) is 0 Å². The van der Waals surface area contributed by atoms with Crippen molar-refractivity contribution < 1.29 is 8.42 Å². The number of rotatable bonds is 4. The lowest BCUT2D eigenvalue weighted by molar-refractivity contribution is 0.600. The van der Waals surface area contributed by atoms with Gasteiger partial charge in [0.05, 0.1) is 0 Å². The van der Waals surface area contributed by atoms with Crippen molar-refractivity contribution in [3.8, 4) is 0 Å². The SMILES string of the molecule is Cc1cc(C)cc(NS(=O)(=O)c2cccnc2C(N)=S)c1. The summed E-state index contributed by atoms with van der Waals surface area (Å²) in [7, 11) is -3.80. The molecule has 0 amide bonds. The van der Waals surface area contributed by atoms with Crippen molar-refractivity contribution >= 4 is 32.9 Å². The van der Waals surface area contributed by atoms with E-state index in [0.717, 1.165) is 11.1 Å². The molecule has 1 aromatic carbocycles. The molecule has 3 N–H and O–H groups in total. The Balaban J connectivity index is 2.46. The number of aromatic nitrogens is 1. The zero-order chi connectivity index (χ0) is 15.6. The Hall–Kier alpha value is -1.99. The predicted molar refractivity (Wildman–Crippen MR) is 86.8 cm³/mol. The molecule has 110 valence electrons. The smallest absolute Gasteiger partial charge is 0.264 e. The van der Waals surface area contributed by atoms with Crippen LogP contribution in [0.1, 0.15) is 16.8 Å². The number of sulfonamides is 1. The highest BCUT2D eigenvalue weighted by Gasteiger charge is 2.20. The van der Waals surface area contributed by atoms with Crippen molar-refractivity contribution in [3.05, 3.63) is 53.3 Å². The molecular weight excluding hydrogens is 306 g/mol. The maximum Gasteiger partial charge on any atom is 0.264 e. The van der Waals surface area contributed by atoms with E-state index in [1.54, 1.807) is 12.1 Å². The summed E-state index contributed by atoms with van der Waals surface area (Å²) in [6.07, 6.45) is 1.45. The molecule has 0 bridgehead atoms. The van der Waals surface area contributed by atoms with E-state index in [4.69, 9.17) is 18.0 Å². The number of hydrogen-bond donors (Lipinski definition) is 2. The van der Waals surface area contributed by atoms with E-state index in [9.17, 15) is 8.42 Å². The number of aryl methyl sites for hydroxylation is 2. The van der Waals surface area contributed by atoms with Crippen molar-refractivity contribution in [1.29, 1.82) is 0 Å². The minimum atomic E-state index is -3.80. The number of anilines is 1. The number of nitrogens with zero attached hydrogens (tertiary/aromatic N) is 1. The molecule has 1 aromatic heterocycles. The Morgan fingerprint density at radius 3 is 2.43 bits per heavy atom. The fraction of sp³-hybridized carbons (Fsp3) is 0.143. The molecule has 21 heavy (non-hydrogen) atoms. The summed E-state index contributed by atoms with van der Waals surface area (Å²) in [6, 6.07) is 8.41. The molecule has 2 aromatic rings. The Morgan fingerprint density at radius 2 is 1.86 bits per heavy atom. The molecule has 0 atom stereocenters. The standard InChI is InChI=1S/C14H15N3O2S2/c1-9-6-10(2)8-11(7-9)17-21(18,19)12-4-3-5-16-13(12)14(15)20/h3-8,17H,1-2H3,(H2,15,20). The van der Waals surface area contributed by atoms with Gasteiger partial charge in [0.25, 0.3) is 10.0 Å². The molecule has 0 aliphatic heterocycles. The molecule has 0 unspecified atom stereocenters. The van der Waals surface area contributed by atoms with Crippen molar-refractivity contribution in [2.45, 2.75) is 18.7 Å². The number of nitrogens with two attached hydrogens (primary N) is 1. The highest BCUT2D eigenvalue weighted by atomic mass is 32.2. The van der Waals surface area contributed by atoms with Crippen LogP contribution in [-0.2, 0) is 10.0 Å². The molecule has 0 fully saturated rings. The number of benzene rings is 1. The molecule has 0 aliphatic rings. The van der Waals surface area contributed by atoms with Gasteiger partial charge in [0.15, 0.2) is 0 Å². The Morgan fingerprint density at radius 1 is 1.24 bits per heavy atom. The average molecular weight is 321 g/mol. The molecule has 0 saturated carbocycles. The fourth-order valence-electron chi connectivity index (χ4n) is 2.04. The van der Waals surface area contributed by atoms with Gasteiger partial charge in [-0.2, -0.15) is 0 Å². The van der Waals surface area contributed by atoms with Crippen molar-refractivity contribution in [3.63, 3.8) is 0 Å². The van der Waals surface area contributed by atoms with Crippen LogP contribution in [0.4, 0.5) is 5.69 Å². The summed E-state index contributed by atoms with van der Waals surface area (Å²) in [5.74, 6) is 0. The predicted octanol–water partition coefficient (Wildman–Crippen LogP) is 2.13.